The van der Waals surface area contributed by atoms with E-state index in [4.69, 9.17) is 4.42 Å². The first kappa shape index (κ1) is 25.8. The molecule has 1 aliphatic carbocycles. The Morgan fingerprint density at radius 3 is 1.81 bits per heavy atom. The van der Waals surface area contributed by atoms with E-state index in [9.17, 15) is 0 Å². The van der Waals surface area contributed by atoms with Crippen LogP contribution in [0.2, 0.25) is 0 Å². The molecule has 0 radical (unpaired) electrons. The molecule has 0 N–H and O–H groups in total. The Kier molecular flexibility index (Phi) is 5.14. The van der Waals surface area contributed by atoms with Gasteiger partial charge < -0.3 is 8.98 Å². The molecule has 11 rings (SSSR count). The van der Waals surface area contributed by atoms with Crippen LogP contribution in [0.1, 0.15) is 0 Å². The van der Waals surface area contributed by atoms with E-state index in [-0.39, 0.29) is 0 Å². The number of benzene rings is 8. The molecule has 2 aromatic heterocycles. The van der Waals surface area contributed by atoms with Crippen LogP contribution in [0.15, 0.2) is 168 Å². The van der Waals surface area contributed by atoms with Crippen molar-refractivity contribution in [2.45, 2.75) is 0 Å². The van der Waals surface area contributed by atoms with E-state index in [1.807, 2.05) is 12.1 Å². The molecule has 10 aromatic rings. The maximum absolute atomic E-state index is 6.16. The van der Waals surface area contributed by atoms with Crippen LogP contribution in [0.3, 0.4) is 0 Å². The van der Waals surface area contributed by atoms with Gasteiger partial charge in [-0.2, -0.15) is 0 Å². The van der Waals surface area contributed by atoms with Gasteiger partial charge in [0, 0.05) is 27.2 Å². The number of hydrogen-bond acceptors (Lipinski definition) is 1. The van der Waals surface area contributed by atoms with Crippen molar-refractivity contribution in [2.75, 3.05) is 0 Å². The monoisotopic (exact) mass is 609 g/mol. The number of hydrogen-bond donors (Lipinski definition) is 0. The number of nitrogens with zero attached hydrogens (tertiary/aromatic N) is 1. The summed E-state index contributed by atoms with van der Waals surface area (Å²) in [5, 5.41) is 7.49. The lowest BCUT2D eigenvalue weighted by Crippen LogP contribution is -1.94. The van der Waals surface area contributed by atoms with Gasteiger partial charge in [-0.3, -0.25) is 0 Å². The highest BCUT2D eigenvalue weighted by atomic mass is 16.3. The Bertz CT molecular complexity index is 2920. The van der Waals surface area contributed by atoms with Gasteiger partial charge in [0.15, 0.2) is 0 Å². The van der Waals surface area contributed by atoms with Gasteiger partial charge in [0.05, 0.1) is 11.0 Å². The van der Waals surface area contributed by atoms with Crippen LogP contribution in [0.4, 0.5) is 0 Å². The molecule has 1 aliphatic rings. The van der Waals surface area contributed by atoms with Crippen LogP contribution in [0, 0.1) is 0 Å². The fraction of sp³-hybridized carbons (Fsp3) is 0. The van der Waals surface area contributed by atoms with E-state index < -0.39 is 0 Å². The van der Waals surface area contributed by atoms with Crippen LogP contribution in [-0.2, 0) is 0 Å². The van der Waals surface area contributed by atoms with E-state index >= 15 is 0 Å². The molecule has 0 bridgehead atoms. The van der Waals surface area contributed by atoms with Gasteiger partial charge in [-0.05, 0) is 104 Å². The van der Waals surface area contributed by atoms with E-state index in [0.717, 1.165) is 27.6 Å². The van der Waals surface area contributed by atoms with Crippen molar-refractivity contribution in [3.05, 3.63) is 164 Å². The molecule has 0 spiro atoms. The van der Waals surface area contributed by atoms with Crippen molar-refractivity contribution >= 4 is 54.5 Å². The summed E-state index contributed by atoms with van der Waals surface area (Å²) in [5.41, 5.74) is 15.5. The van der Waals surface area contributed by atoms with Gasteiger partial charge in [-0.15, -0.1) is 0 Å². The molecule has 0 fully saturated rings. The molecule has 0 atom stereocenters. The van der Waals surface area contributed by atoms with Gasteiger partial charge in [0.25, 0.3) is 0 Å². The number of aromatic nitrogens is 1. The standard InChI is InChI=1S/C46H27NO/c1-2-9-28(10-3-1)29-17-21-32(22-18-29)47-41-23-19-30(31-20-24-44-38(25-31)35-13-6-7-16-43(35)48-44)26-40(41)46-37-15-8-14-36-33-11-4-5-12-34(33)39(45(36)37)27-42(46)47/h1-27H. The minimum atomic E-state index is 0.917. The largest absolute Gasteiger partial charge is 0.456 e. The third-order valence-electron chi connectivity index (χ3n) is 10.3. The highest BCUT2D eigenvalue weighted by Crippen LogP contribution is 2.51. The molecular weight excluding hydrogens is 583 g/mol. The Morgan fingerprint density at radius 2 is 0.958 bits per heavy atom. The summed E-state index contributed by atoms with van der Waals surface area (Å²) in [6, 6.07) is 59.6. The first-order valence-corrected chi connectivity index (χ1v) is 16.5. The minimum Gasteiger partial charge on any atom is -0.456 e. The molecule has 222 valence electrons. The van der Waals surface area contributed by atoms with E-state index in [1.54, 1.807) is 0 Å². The molecule has 2 heteroatoms. The van der Waals surface area contributed by atoms with Gasteiger partial charge in [0.2, 0.25) is 0 Å². The molecule has 2 nitrogen and oxygen atoms in total. The smallest absolute Gasteiger partial charge is 0.135 e. The molecule has 8 aromatic carbocycles. The minimum absolute atomic E-state index is 0.917. The summed E-state index contributed by atoms with van der Waals surface area (Å²) in [7, 11) is 0. The Hall–Kier alpha value is -6.38. The summed E-state index contributed by atoms with van der Waals surface area (Å²) < 4.78 is 8.62. The van der Waals surface area contributed by atoms with Crippen molar-refractivity contribution < 1.29 is 4.42 Å². The Labute approximate surface area is 276 Å². The third kappa shape index (κ3) is 3.52. The highest BCUT2D eigenvalue weighted by Gasteiger charge is 2.25. The van der Waals surface area contributed by atoms with Crippen molar-refractivity contribution in [1.82, 2.24) is 4.57 Å². The number of rotatable bonds is 3. The molecule has 0 saturated carbocycles. The molecular formula is C46H27NO. The van der Waals surface area contributed by atoms with Crippen LogP contribution >= 0.6 is 0 Å². The lowest BCUT2D eigenvalue weighted by molar-refractivity contribution is 0.669. The van der Waals surface area contributed by atoms with E-state index in [2.05, 4.69) is 156 Å². The van der Waals surface area contributed by atoms with Gasteiger partial charge in [-0.1, -0.05) is 115 Å². The zero-order chi connectivity index (χ0) is 31.3. The predicted octanol–water partition coefficient (Wildman–Crippen LogP) is 12.8. The zero-order valence-corrected chi connectivity index (χ0v) is 25.9. The molecule has 0 aliphatic heterocycles. The lowest BCUT2D eigenvalue weighted by atomic mass is 9.96. The summed E-state index contributed by atoms with van der Waals surface area (Å²) >= 11 is 0. The topological polar surface area (TPSA) is 18.1 Å². The summed E-state index contributed by atoms with van der Waals surface area (Å²) in [6.07, 6.45) is 0. The SMILES string of the molecule is c1ccc(-c2ccc(-n3c4ccc(-c5ccc6oc7ccccc7c6c5)cc4c4c5cccc6c5c(cc43)-c3ccccc3-6)cc2)cc1. The summed E-state index contributed by atoms with van der Waals surface area (Å²) in [4.78, 5) is 0. The Morgan fingerprint density at radius 1 is 0.333 bits per heavy atom. The van der Waals surface area contributed by atoms with Crippen molar-refractivity contribution in [3.8, 4) is 50.2 Å². The second-order valence-corrected chi connectivity index (χ2v) is 12.9. The number of para-hydroxylation sites is 1. The normalized spacial score (nSPS) is 12.2. The quantitative estimate of drug-likeness (QED) is 0.195. The molecule has 48 heavy (non-hydrogen) atoms. The second-order valence-electron chi connectivity index (χ2n) is 12.9. The first-order chi connectivity index (χ1) is 23.8. The van der Waals surface area contributed by atoms with E-state index in [0.29, 0.717) is 0 Å². The maximum Gasteiger partial charge on any atom is 0.135 e. The van der Waals surface area contributed by atoms with Gasteiger partial charge in [-0.25, -0.2) is 0 Å². The predicted molar refractivity (Wildman–Crippen MR) is 201 cm³/mol. The van der Waals surface area contributed by atoms with Crippen molar-refractivity contribution in [3.63, 3.8) is 0 Å². The highest BCUT2D eigenvalue weighted by molar-refractivity contribution is 6.29. The molecule has 0 unspecified atom stereocenters. The molecule has 0 amide bonds. The van der Waals surface area contributed by atoms with Crippen LogP contribution < -0.4 is 0 Å². The van der Waals surface area contributed by atoms with E-state index in [1.165, 1.54) is 77.1 Å². The number of furan rings is 1. The fourth-order valence-electron chi connectivity index (χ4n) is 8.18. The van der Waals surface area contributed by atoms with Crippen LogP contribution in [0.25, 0.3) is 105 Å². The fourth-order valence-corrected chi connectivity index (χ4v) is 8.18. The summed E-state index contributed by atoms with van der Waals surface area (Å²) in [5.74, 6) is 0. The maximum atomic E-state index is 6.16. The molecule has 0 saturated heterocycles. The average molecular weight is 610 g/mol. The van der Waals surface area contributed by atoms with Gasteiger partial charge in [0.1, 0.15) is 11.2 Å². The van der Waals surface area contributed by atoms with Crippen LogP contribution in [0.5, 0.6) is 0 Å². The van der Waals surface area contributed by atoms with Crippen molar-refractivity contribution in [2.24, 2.45) is 0 Å². The van der Waals surface area contributed by atoms with Gasteiger partial charge >= 0.3 is 0 Å². The number of fused-ring (bicyclic) bond motifs is 10. The first-order valence-electron chi connectivity index (χ1n) is 16.5. The van der Waals surface area contributed by atoms with Crippen molar-refractivity contribution in [1.29, 1.82) is 0 Å². The Balaban J connectivity index is 1.20. The average Bonchev–Trinajstić information content (AvgIpc) is 3.80. The zero-order valence-electron chi connectivity index (χ0n) is 25.9. The van der Waals surface area contributed by atoms with Crippen LogP contribution in [-0.4, -0.2) is 4.57 Å². The summed E-state index contributed by atoms with van der Waals surface area (Å²) in [6.45, 7) is 0. The molecule has 2 heterocycles. The second kappa shape index (κ2) is 9.57. The third-order valence-corrected chi connectivity index (χ3v) is 10.3. The lowest BCUT2D eigenvalue weighted by Gasteiger charge is -2.11.